The summed E-state index contributed by atoms with van der Waals surface area (Å²) in [6, 6.07) is 7.79. The van der Waals surface area contributed by atoms with Gasteiger partial charge in [0, 0.05) is 44.2 Å². The average Bonchev–Trinajstić information content (AvgIpc) is 2.39. The zero-order valence-corrected chi connectivity index (χ0v) is 12.7. The Kier molecular flexibility index (Phi) is 6.63. The third-order valence-electron chi connectivity index (χ3n) is 3.33. The van der Waals surface area contributed by atoms with Gasteiger partial charge in [0.2, 0.25) is 0 Å². The molecule has 1 heterocycles. The van der Waals surface area contributed by atoms with E-state index in [2.05, 4.69) is 4.90 Å². The number of carbonyl (C=O) groups excluding carboxylic acids is 1. The molecule has 0 aromatic heterocycles. The second-order valence-electron chi connectivity index (χ2n) is 4.69. The lowest BCUT2D eigenvalue weighted by Crippen LogP contribution is -2.49. The van der Waals surface area contributed by atoms with Crippen molar-refractivity contribution >= 4 is 29.9 Å². The first-order valence-corrected chi connectivity index (χ1v) is 6.88. The highest BCUT2D eigenvalue weighted by molar-refractivity contribution is 6.18. The molecular formula is C14H20Cl2N2O. The molecule has 3 nitrogen and oxygen atoms in total. The molecule has 1 amide bonds. The van der Waals surface area contributed by atoms with Crippen molar-refractivity contribution in [3.05, 3.63) is 35.4 Å². The number of nitrogens with zero attached hydrogens (tertiary/aromatic N) is 2. The van der Waals surface area contributed by atoms with Gasteiger partial charge >= 0.3 is 0 Å². The van der Waals surface area contributed by atoms with Crippen LogP contribution in [0.1, 0.15) is 15.9 Å². The van der Waals surface area contributed by atoms with Gasteiger partial charge in [0.25, 0.3) is 5.91 Å². The number of carbonyl (C=O) groups is 1. The third kappa shape index (κ3) is 4.37. The third-order valence-corrected chi connectivity index (χ3v) is 3.49. The van der Waals surface area contributed by atoms with Gasteiger partial charge in [-0.15, -0.1) is 24.0 Å². The minimum atomic E-state index is 0. The molecule has 1 aliphatic rings. The summed E-state index contributed by atoms with van der Waals surface area (Å²) in [5.41, 5.74) is 1.92. The number of halogens is 2. The molecule has 1 aromatic rings. The summed E-state index contributed by atoms with van der Waals surface area (Å²) in [5, 5.41) is 0. The van der Waals surface area contributed by atoms with Crippen LogP contribution in [0.15, 0.2) is 24.3 Å². The maximum absolute atomic E-state index is 12.3. The number of amides is 1. The molecule has 0 unspecified atom stereocenters. The summed E-state index contributed by atoms with van der Waals surface area (Å²) >= 11 is 5.72. The normalized spacial score (nSPS) is 16.0. The standard InChI is InChI=1S/C14H19ClN2O.ClH/c1-12-3-2-4-13(11-12)14(18)17-9-7-16(6-5-15)8-10-17;/h2-4,11H,5-10H2,1H3;1H. The predicted molar refractivity (Wildman–Crippen MR) is 81.5 cm³/mol. The van der Waals surface area contributed by atoms with Crippen LogP contribution in [-0.4, -0.2) is 54.3 Å². The van der Waals surface area contributed by atoms with Crippen molar-refractivity contribution in [3.63, 3.8) is 0 Å². The van der Waals surface area contributed by atoms with Crippen molar-refractivity contribution in [2.75, 3.05) is 38.6 Å². The van der Waals surface area contributed by atoms with Crippen molar-refractivity contribution in [1.82, 2.24) is 9.80 Å². The van der Waals surface area contributed by atoms with Gasteiger partial charge in [0.05, 0.1) is 0 Å². The quantitative estimate of drug-likeness (QED) is 0.801. The second-order valence-corrected chi connectivity index (χ2v) is 5.07. The Labute approximate surface area is 125 Å². The summed E-state index contributed by atoms with van der Waals surface area (Å²) in [4.78, 5) is 16.5. The van der Waals surface area contributed by atoms with Gasteiger partial charge in [-0.25, -0.2) is 0 Å². The number of benzene rings is 1. The highest BCUT2D eigenvalue weighted by Crippen LogP contribution is 2.10. The van der Waals surface area contributed by atoms with Crippen LogP contribution in [0.3, 0.4) is 0 Å². The lowest BCUT2D eigenvalue weighted by Gasteiger charge is -2.34. The highest BCUT2D eigenvalue weighted by atomic mass is 35.5. The summed E-state index contributed by atoms with van der Waals surface area (Å²) < 4.78 is 0. The van der Waals surface area contributed by atoms with E-state index in [1.54, 1.807) is 0 Å². The van der Waals surface area contributed by atoms with Crippen molar-refractivity contribution < 1.29 is 4.79 Å². The molecule has 0 spiro atoms. The first-order valence-electron chi connectivity index (χ1n) is 6.35. The summed E-state index contributed by atoms with van der Waals surface area (Å²) in [6.07, 6.45) is 0. The Bertz CT molecular complexity index is 418. The Morgan fingerprint density at radius 3 is 2.53 bits per heavy atom. The van der Waals surface area contributed by atoms with Crippen molar-refractivity contribution in [2.45, 2.75) is 6.92 Å². The van der Waals surface area contributed by atoms with E-state index in [-0.39, 0.29) is 18.3 Å². The SMILES string of the molecule is Cc1cccc(C(=O)N2CCN(CCCl)CC2)c1.Cl. The molecule has 1 aromatic carbocycles. The topological polar surface area (TPSA) is 23.6 Å². The van der Waals surface area contributed by atoms with Crippen LogP contribution < -0.4 is 0 Å². The zero-order valence-electron chi connectivity index (χ0n) is 11.1. The van der Waals surface area contributed by atoms with Crippen LogP contribution >= 0.6 is 24.0 Å². The van der Waals surface area contributed by atoms with Crippen molar-refractivity contribution in [2.24, 2.45) is 0 Å². The van der Waals surface area contributed by atoms with Gasteiger partial charge in [-0.3, -0.25) is 9.69 Å². The lowest BCUT2D eigenvalue weighted by atomic mass is 10.1. The van der Waals surface area contributed by atoms with E-state index in [0.717, 1.165) is 43.9 Å². The van der Waals surface area contributed by atoms with Crippen LogP contribution in [0.5, 0.6) is 0 Å². The smallest absolute Gasteiger partial charge is 0.253 e. The van der Waals surface area contributed by atoms with Gasteiger partial charge < -0.3 is 4.90 Å². The highest BCUT2D eigenvalue weighted by Gasteiger charge is 2.21. The molecule has 0 atom stereocenters. The maximum Gasteiger partial charge on any atom is 0.253 e. The largest absolute Gasteiger partial charge is 0.336 e. The van der Waals surface area contributed by atoms with E-state index in [1.807, 2.05) is 36.1 Å². The van der Waals surface area contributed by atoms with Gasteiger partial charge in [-0.1, -0.05) is 17.7 Å². The number of piperazine rings is 1. The van der Waals surface area contributed by atoms with Gasteiger partial charge in [-0.2, -0.15) is 0 Å². The Morgan fingerprint density at radius 2 is 1.95 bits per heavy atom. The fourth-order valence-corrected chi connectivity index (χ4v) is 2.49. The molecule has 1 aliphatic heterocycles. The van der Waals surface area contributed by atoms with Crippen LogP contribution in [0.2, 0.25) is 0 Å². The molecule has 0 bridgehead atoms. The van der Waals surface area contributed by atoms with E-state index in [1.165, 1.54) is 0 Å². The van der Waals surface area contributed by atoms with Gasteiger partial charge in [0.15, 0.2) is 0 Å². The Balaban J connectivity index is 0.00000180. The van der Waals surface area contributed by atoms with E-state index in [0.29, 0.717) is 5.88 Å². The molecule has 0 saturated carbocycles. The van der Waals surface area contributed by atoms with E-state index in [9.17, 15) is 4.79 Å². The number of hydrogen-bond acceptors (Lipinski definition) is 2. The first kappa shape index (κ1) is 16.3. The van der Waals surface area contributed by atoms with Crippen LogP contribution in [0.25, 0.3) is 0 Å². The van der Waals surface area contributed by atoms with Gasteiger partial charge in [0.1, 0.15) is 0 Å². The van der Waals surface area contributed by atoms with E-state index in [4.69, 9.17) is 11.6 Å². The molecule has 1 saturated heterocycles. The summed E-state index contributed by atoms with van der Waals surface area (Å²) in [5.74, 6) is 0.801. The van der Waals surface area contributed by atoms with E-state index >= 15 is 0 Å². The summed E-state index contributed by atoms with van der Waals surface area (Å²) in [6.45, 7) is 6.35. The first-order chi connectivity index (χ1) is 8.70. The van der Waals surface area contributed by atoms with Crippen LogP contribution in [-0.2, 0) is 0 Å². The zero-order chi connectivity index (χ0) is 13.0. The molecular weight excluding hydrogens is 283 g/mol. The van der Waals surface area contributed by atoms with Crippen molar-refractivity contribution in [1.29, 1.82) is 0 Å². The second kappa shape index (κ2) is 7.73. The minimum absolute atomic E-state index is 0. The molecule has 106 valence electrons. The average molecular weight is 303 g/mol. The molecule has 19 heavy (non-hydrogen) atoms. The number of aryl methyl sites for hydroxylation is 1. The van der Waals surface area contributed by atoms with E-state index < -0.39 is 0 Å². The fraction of sp³-hybridized carbons (Fsp3) is 0.500. The molecule has 1 fully saturated rings. The van der Waals surface area contributed by atoms with Gasteiger partial charge in [-0.05, 0) is 19.1 Å². The Hall–Kier alpha value is -0.770. The Morgan fingerprint density at radius 1 is 1.26 bits per heavy atom. The lowest BCUT2D eigenvalue weighted by molar-refractivity contribution is 0.0644. The van der Waals surface area contributed by atoms with Crippen LogP contribution in [0, 0.1) is 6.92 Å². The molecule has 0 radical (unpaired) electrons. The molecule has 0 N–H and O–H groups in total. The number of hydrogen-bond donors (Lipinski definition) is 0. The monoisotopic (exact) mass is 302 g/mol. The van der Waals surface area contributed by atoms with Crippen LogP contribution in [0.4, 0.5) is 0 Å². The molecule has 0 aliphatic carbocycles. The molecule has 2 rings (SSSR count). The summed E-state index contributed by atoms with van der Waals surface area (Å²) in [7, 11) is 0. The van der Waals surface area contributed by atoms with Crippen molar-refractivity contribution in [3.8, 4) is 0 Å². The predicted octanol–water partition coefficient (Wildman–Crippen LogP) is 2.41. The minimum Gasteiger partial charge on any atom is -0.336 e. The maximum atomic E-state index is 12.3. The number of rotatable bonds is 3. The fourth-order valence-electron chi connectivity index (χ4n) is 2.25. The number of alkyl halides is 1. The molecule has 5 heteroatoms.